The van der Waals surface area contributed by atoms with Gasteiger partial charge in [-0.25, -0.2) is 10.2 Å². The average Bonchev–Trinajstić information content (AvgIpc) is 2.44. The number of hydrazine groups is 1. The quantitative estimate of drug-likeness (QED) is 0.421. The molecule has 0 spiro atoms. The summed E-state index contributed by atoms with van der Waals surface area (Å²) in [6.07, 6.45) is -0.811. The predicted octanol–water partition coefficient (Wildman–Crippen LogP) is 1.12. The molecular formula is C10H9ClN4O5S. The fourth-order valence-electron chi connectivity index (χ4n) is 1.16. The smallest absolute Gasteiger partial charge is 0.425 e. The van der Waals surface area contributed by atoms with E-state index < -0.39 is 22.6 Å². The zero-order valence-electron chi connectivity index (χ0n) is 10.5. The third kappa shape index (κ3) is 4.85. The third-order valence-corrected chi connectivity index (χ3v) is 2.62. The van der Waals surface area contributed by atoms with E-state index in [1.807, 2.05) is 5.43 Å². The van der Waals surface area contributed by atoms with Crippen molar-refractivity contribution >= 4 is 46.6 Å². The maximum atomic E-state index is 11.8. The van der Waals surface area contributed by atoms with E-state index >= 15 is 0 Å². The average molecular weight is 333 g/mol. The summed E-state index contributed by atoms with van der Waals surface area (Å²) in [6.45, 7) is 0. The van der Waals surface area contributed by atoms with Crippen molar-refractivity contribution in [3.63, 3.8) is 0 Å². The van der Waals surface area contributed by atoms with E-state index in [2.05, 4.69) is 15.5 Å². The molecule has 1 rings (SSSR count). The third-order valence-electron chi connectivity index (χ3n) is 2.10. The van der Waals surface area contributed by atoms with Crippen LogP contribution in [0.15, 0.2) is 18.2 Å². The number of hydrogen-bond donors (Lipinski definition) is 3. The number of amides is 2. The van der Waals surface area contributed by atoms with Gasteiger partial charge in [-0.15, -0.1) is 0 Å². The summed E-state index contributed by atoms with van der Waals surface area (Å²) in [7, 11) is 1.14. The first-order valence-corrected chi connectivity index (χ1v) is 6.03. The molecule has 0 aromatic heterocycles. The van der Waals surface area contributed by atoms with Gasteiger partial charge in [-0.2, -0.15) is 0 Å². The molecule has 0 fully saturated rings. The highest BCUT2D eigenvalue weighted by Crippen LogP contribution is 2.24. The Morgan fingerprint density at radius 3 is 2.62 bits per heavy atom. The van der Waals surface area contributed by atoms with Crippen LogP contribution < -0.4 is 16.2 Å². The lowest BCUT2D eigenvalue weighted by Gasteiger charge is -2.09. The lowest BCUT2D eigenvalue weighted by Crippen LogP contribution is -2.48. The Morgan fingerprint density at radius 1 is 1.38 bits per heavy atom. The van der Waals surface area contributed by atoms with Crippen LogP contribution in [0.3, 0.4) is 0 Å². The SMILES string of the molecule is COC(=O)NNC(=S)NC(=O)c1ccc(Cl)c([N+](=O)[O-])c1. The number of nitrogens with zero attached hydrogens (tertiary/aromatic N) is 1. The van der Waals surface area contributed by atoms with Crippen LogP contribution in [-0.2, 0) is 4.74 Å². The maximum absolute atomic E-state index is 11.8. The summed E-state index contributed by atoms with van der Waals surface area (Å²) in [5, 5.41) is 12.6. The minimum Gasteiger partial charge on any atom is -0.452 e. The summed E-state index contributed by atoms with van der Waals surface area (Å²) in [6, 6.07) is 3.52. The Kier molecular flexibility index (Phi) is 5.81. The summed E-state index contributed by atoms with van der Waals surface area (Å²) >= 11 is 10.4. The van der Waals surface area contributed by atoms with E-state index in [4.69, 9.17) is 23.8 Å². The lowest BCUT2D eigenvalue weighted by molar-refractivity contribution is -0.384. The number of nitro benzene ring substituents is 1. The Hall–Kier alpha value is -2.46. The molecule has 2 amide bonds. The molecule has 11 heteroatoms. The molecule has 0 saturated carbocycles. The molecule has 0 radical (unpaired) electrons. The largest absolute Gasteiger partial charge is 0.452 e. The molecule has 1 aromatic rings. The van der Waals surface area contributed by atoms with Gasteiger partial charge in [0.2, 0.25) is 0 Å². The lowest BCUT2D eigenvalue weighted by atomic mass is 10.2. The van der Waals surface area contributed by atoms with Gasteiger partial charge in [-0.3, -0.25) is 25.7 Å². The molecule has 0 saturated heterocycles. The highest BCUT2D eigenvalue weighted by Gasteiger charge is 2.17. The van der Waals surface area contributed by atoms with Crippen LogP contribution in [0, 0.1) is 10.1 Å². The van der Waals surface area contributed by atoms with Gasteiger partial charge >= 0.3 is 6.09 Å². The van der Waals surface area contributed by atoms with E-state index in [-0.39, 0.29) is 15.7 Å². The number of rotatable bonds is 2. The van der Waals surface area contributed by atoms with Crippen molar-refractivity contribution in [2.75, 3.05) is 7.11 Å². The monoisotopic (exact) mass is 332 g/mol. The van der Waals surface area contributed by atoms with Gasteiger partial charge in [-0.1, -0.05) is 11.6 Å². The van der Waals surface area contributed by atoms with Crippen LogP contribution in [0.25, 0.3) is 0 Å². The van der Waals surface area contributed by atoms with Crippen molar-refractivity contribution in [2.24, 2.45) is 0 Å². The first-order chi connectivity index (χ1) is 9.85. The van der Waals surface area contributed by atoms with Crippen molar-refractivity contribution in [1.29, 1.82) is 0 Å². The summed E-state index contributed by atoms with van der Waals surface area (Å²) in [5.41, 5.74) is 3.80. The van der Waals surface area contributed by atoms with Crippen molar-refractivity contribution < 1.29 is 19.2 Å². The topological polar surface area (TPSA) is 123 Å². The molecule has 9 nitrogen and oxygen atoms in total. The summed E-state index contributed by atoms with van der Waals surface area (Å²) in [4.78, 5) is 32.6. The Bertz CT molecular complexity index is 609. The van der Waals surface area contributed by atoms with E-state index in [0.29, 0.717) is 0 Å². The fraction of sp³-hybridized carbons (Fsp3) is 0.100. The van der Waals surface area contributed by atoms with Crippen LogP contribution in [0.5, 0.6) is 0 Å². The normalized spacial score (nSPS) is 9.43. The summed E-state index contributed by atoms with van der Waals surface area (Å²) in [5.74, 6) is -0.709. The van der Waals surface area contributed by atoms with Crippen molar-refractivity contribution in [1.82, 2.24) is 16.2 Å². The van der Waals surface area contributed by atoms with Gasteiger partial charge in [0.05, 0.1) is 12.0 Å². The predicted molar refractivity (Wildman–Crippen MR) is 76.8 cm³/mol. The molecule has 0 aliphatic rings. The number of halogens is 1. The van der Waals surface area contributed by atoms with Crippen molar-refractivity contribution in [2.45, 2.75) is 0 Å². The Labute approximate surface area is 128 Å². The minimum atomic E-state index is -0.811. The molecule has 112 valence electrons. The molecule has 0 heterocycles. The zero-order valence-corrected chi connectivity index (χ0v) is 12.1. The van der Waals surface area contributed by atoms with Crippen molar-refractivity contribution in [3.8, 4) is 0 Å². The van der Waals surface area contributed by atoms with Gasteiger partial charge in [-0.05, 0) is 24.4 Å². The van der Waals surface area contributed by atoms with Crippen LogP contribution in [0.2, 0.25) is 5.02 Å². The van der Waals surface area contributed by atoms with Gasteiger partial charge in [0.1, 0.15) is 5.02 Å². The zero-order chi connectivity index (χ0) is 16.0. The Morgan fingerprint density at radius 2 is 2.05 bits per heavy atom. The fourth-order valence-corrected chi connectivity index (χ4v) is 1.49. The van der Waals surface area contributed by atoms with E-state index in [0.717, 1.165) is 13.2 Å². The molecule has 3 N–H and O–H groups in total. The van der Waals surface area contributed by atoms with Crippen LogP contribution in [-0.4, -0.2) is 29.1 Å². The highest BCUT2D eigenvalue weighted by molar-refractivity contribution is 7.80. The molecule has 0 unspecified atom stereocenters. The number of benzene rings is 1. The number of thiocarbonyl (C=S) groups is 1. The first kappa shape index (κ1) is 16.6. The number of carbonyl (C=O) groups is 2. The molecule has 0 bridgehead atoms. The number of nitrogens with one attached hydrogen (secondary N) is 3. The highest BCUT2D eigenvalue weighted by atomic mass is 35.5. The molecular weight excluding hydrogens is 324 g/mol. The Balaban J connectivity index is 2.72. The number of ether oxygens (including phenoxy) is 1. The van der Waals surface area contributed by atoms with E-state index in [1.165, 1.54) is 12.1 Å². The minimum absolute atomic E-state index is 0.0201. The van der Waals surface area contributed by atoms with E-state index in [1.54, 1.807) is 0 Å². The van der Waals surface area contributed by atoms with Gasteiger partial charge < -0.3 is 4.74 Å². The summed E-state index contributed by atoms with van der Waals surface area (Å²) < 4.78 is 4.27. The molecule has 21 heavy (non-hydrogen) atoms. The van der Waals surface area contributed by atoms with Crippen LogP contribution in [0.1, 0.15) is 10.4 Å². The first-order valence-electron chi connectivity index (χ1n) is 5.24. The number of nitro groups is 1. The van der Waals surface area contributed by atoms with Crippen LogP contribution in [0.4, 0.5) is 10.5 Å². The van der Waals surface area contributed by atoms with E-state index in [9.17, 15) is 19.7 Å². The van der Waals surface area contributed by atoms with Gasteiger partial charge in [0.15, 0.2) is 5.11 Å². The number of hydrogen-bond acceptors (Lipinski definition) is 6. The molecule has 0 aliphatic heterocycles. The second kappa shape index (κ2) is 7.36. The van der Waals surface area contributed by atoms with Crippen molar-refractivity contribution in [3.05, 3.63) is 38.9 Å². The second-order valence-corrected chi connectivity index (χ2v) is 4.26. The molecule has 0 atom stereocenters. The maximum Gasteiger partial charge on any atom is 0.425 e. The molecule has 1 aromatic carbocycles. The van der Waals surface area contributed by atoms with Gasteiger partial charge in [0.25, 0.3) is 11.6 Å². The second-order valence-electron chi connectivity index (χ2n) is 3.45. The standard InChI is InChI=1S/C10H9ClN4O5S/c1-20-10(17)14-13-9(21)12-8(16)5-2-3-6(11)7(4-5)15(18)19/h2-4H,1H3,(H,14,17)(H2,12,13,16,21). The molecule has 0 aliphatic carbocycles. The van der Waals surface area contributed by atoms with Crippen LogP contribution >= 0.6 is 23.8 Å². The van der Waals surface area contributed by atoms with Gasteiger partial charge in [0, 0.05) is 11.6 Å². The number of carbonyl (C=O) groups excluding carboxylic acids is 2. The number of methoxy groups -OCH3 is 1.